The van der Waals surface area contributed by atoms with Crippen LogP contribution in [0.25, 0.3) is 0 Å². The Kier molecular flexibility index (Phi) is 5.74. The lowest BCUT2D eigenvalue weighted by atomic mass is 10.2. The molecule has 2 aromatic rings. The number of rotatable bonds is 7. The van der Waals surface area contributed by atoms with E-state index >= 15 is 0 Å². The van der Waals surface area contributed by atoms with Gasteiger partial charge in [0.05, 0.1) is 19.3 Å². The lowest BCUT2D eigenvalue weighted by Crippen LogP contribution is -2.30. The number of aromatic nitrogens is 2. The molecule has 0 radical (unpaired) electrons. The van der Waals surface area contributed by atoms with Crippen LogP contribution >= 0.6 is 0 Å². The summed E-state index contributed by atoms with van der Waals surface area (Å²) < 4.78 is 5.07. The van der Waals surface area contributed by atoms with E-state index in [1.807, 2.05) is 13.0 Å². The molecule has 0 aliphatic carbocycles. The molecule has 0 saturated heterocycles. The first-order valence-corrected chi connectivity index (χ1v) is 7.28. The number of nitrogens with one attached hydrogen (secondary N) is 3. The summed E-state index contributed by atoms with van der Waals surface area (Å²) in [4.78, 5) is 23.7. The fourth-order valence-electron chi connectivity index (χ4n) is 2.00. The van der Waals surface area contributed by atoms with Gasteiger partial charge in [-0.1, -0.05) is 6.07 Å². The van der Waals surface area contributed by atoms with Crippen LogP contribution < -0.4 is 15.4 Å². The molecule has 1 heterocycles. The summed E-state index contributed by atoms with van der Waals surface area (Å²) in [5, 5.41) is 12.3. The second kappa shape index (κ2) is 7.98. The van der Waals surface area contributed by atoms with Gasteiger partial charge in [-0.05, 0) is 31.2 Å². The number of carbonyl (C=O) groups excluding carboxylic acids is 2. The minimum Gasteiger partial charge on any atom is -0.497 e. The van der Waals surface area contributed by atoms with E-state index in [-0.39, 0.29) is 24.8 Å². The lowest BCUT2D eigenvalue weighted by molar-refractivity contribution is -0.121. The molecular formula is C16H20N4O3. The zero-order chi connectivity index (χ0) is 16.7. The number of hydrogen-bond acceptors (Lipinski definition) is 4. The van der Waals surface area contributed by atoms with Crippen molar-refractivity contribution >= 4 is 11.8 Å². The Morgan fingerprint density at radius 2 is 2.09 bits per heavy atom. The molecule has 7 nitrogen and oxygen atoms in total. The molecule has 0 atom stereocenters. The van der Waals surface area contributed by atoms with Crippen LogP contribution in [0.1, 0.15) is 28.2 Å². The van der Waals surface area contributed by atoms with Gasteiger partial charge in [0, 0.05) is 24.2 Å². The van der Waals surface area contributed by atoms with Gasteiger partial charge in [0.15, 0.2) is 0 Å². The molecule has 0 unspecified atom stereocenters. The fraction of sp³-hybridized carbons (Fsp3) is 0.312. The lowest BCUT2D eigenvalue weighted by Gasteiger charge is -2.07. The average Bonchev–Trinajstić information content (AvgIpc) is 2.98. The Bertz CT molecular complexity index is 681. The van der Waals surface area contributed by atoms with Gasteiger partial charge in [-0.2, -0.15) is 5.10 Å². The number of H-pyrrole nitrogens is 1. The number of aryl methyl sites for hydroxylation is 1. The van der Waals surface area contributed by atoms with Crippen LogP contribution in [0.4, 0.5) is 0 Å². The van der Waals surface area contributed by atoms with Gasteiger partial charge in [0.1, 0.15) is 5.75 Å². The number of ether oxygens (including phenoxy) is 1. The Morgan fingerprint density at radius 1 is 1.26 bits per heavy atom. The third-order valence-corrected chi connectivity index (χ3v) is 3.20. The van der Waals surface area contributed by atoms with E-state index in [2.05, 4.69) is 20.8 Å². The number of nitrogens with zero attached hydrogens (tertiary/aromatic N) is 1. The van der Waals surface area contributed by atoms with Gasteiger partial charge >= 0.3 is 0 Å². The topological polar surface area (TPSA) is 96.1 Å². The van der Waals surface area contributed by atoms with Gasteiger partial charge in [0.25, 0.3) is 5.91 Å². The highest BCUT2D eigenvalue weighted by molar-refractivity contribution is 5.94. The summed E-state index contributed by atoms with van der Waals surface area (Å²) in [6.07, 6.45) is 0.207. The van der Waals surface area contributed by atoms with E-state index in [1.54, 1.807) is 31.4 Å². The number of aromatic amines is 1. The SMILES string of the molecule is COc1cccc(C(=O)NCCC(=O)NCc2cc(C)[nH]n2)c1. The third-order valence-electron chi connectivity index (χ3n) is 3.20. The second-order valence-corrected chi connectivity index (χ2v) is 5.06. The zero-order valence-electron chi connectivity index (χ0n) is 13.2. The molecule has 0 fully saturated rings. The van der Waals surface area contributed by atoms with Crippen LogP contribution in [0.3, 0.4) is 0 Å². The van der Waals surface area contributed by atoms with Gasteiger partial charge in [-0.25, -0.2) is 0 Å². The van der Waals surface area contributed by atoms with Crippen LogP contribution in [0.2, 0.25) is 0 Å². The van der Waals surface area contributed by atoms with Crippen molar-refractivity contribution in [3.05, 3.63) is 47.3 Å². The summed E-state index contributed by atoms with van der Waals surface area (Å²) in [7, 11) is 1.54. The minimum absolute atomic E-state index is 0.142. The van der Waals surface area contributed by atoms with Crippen LogP contribution in [0.5, 0.6) is 5.75 Å². The number of benzene rings is 1. The number of methoxy groups -OCH3 is 1. The molecule has 1 aromatic carbocycles. The van der Waals surface area contributed by atoms with Crippen molar-refractivity contribution in [2.45, 2.75) is 19.9 Å². The summed E-state index contributed by atoms with van der Waals surface area (Å²) in [6, 6.07) is 8.71. The number of carbonyl (C=O) groups is 2. The summed E-state index contributed by atoms with van der Waals surface area (Å²) in [5.41, 5.74) is 2.22. The quantitative estimate of drug-likeness (QED) is 0.714. The van der Waals surface area contributed by atoms with Gasteiger partial charge in [0.2, 0.25) is 5.91 Å². The zero-order valence-corrected chi connectivity index (χ0v) is 13.2. The summed E-state index contributed by atoms with van der Waals surface area (Å²) >= 11 is 0. The van der Waals surface area contributed by atoms with Gasteiger partial charge in [-0.15, -0.1) is 0 Å². The first-order chi connectivity index (χ1) is 11.1. The average molecular weight is 316 g/mol. The molecule has 23 heavy (non-hydrogen) atoms. The maximum absolute atomic E-state index is 12.0. The van der Waals surface area contributed by atoms with Crippen molar-refractivity contribution in [1.29, 1.82) is 0 Å². The largest absolute Gasteiger partial charge is 0.497 e. The molecule has 2 amide bonds. The van der Waals surface area contributed by atoms with E-state index in [1.165, 1.54) is 0 Å². The predicted molar refractivity (Wildman–Crippen MR) is 85.1 cm³/mol. The molecule has 2 rings (SSSR count). The molecular weight excluding hydrogens is 296 g/mol. The predicted octanol–water partition coefficient (Wildman–Crippen LogP) is 1.16. The number of amides is 2. The van der Waals surface area contributed by atoms with Crippen molar-refractivity contribution in [3.63, 3.8) is 0 Å². The van der Waals surface area contributed by atoms with Crippen molar-refractivity contribution in [2.75, 3.05) is 13.7 Å². The van der Waals surface area contributed by atoms with E-state index in [4.69, 9.17) is 4.74 Å². The Balaban J connectivity index is 1.71. The van der Waals surface area contributed by atoms with Crippen molar-refractivity contribution < 1.29 is 14.3 Å². The highest BCUT2D eigenvalue weighted by Gasteiger charge is 2.08. The van der Waals surface area contributed by atoms with E-state index < -0.39 is 0 Å². The van der Waals surface area contributed by atoms with E-state index in [9.17, 15) is 9.59 Å². The molecule has 122 valence electrons. The maximum Gasteiger partial charge on any atom is 0.251 e. The minimum atomic E-state index is -0.236. The first-order valence-electron chi connectivity index (χ1n) is 7.28. The van der Waals surface area contributed by atoms with Crippen LogP contribution in [-0.2, 0) is 11.3 Å². The van der Waals surface area contributed by atoms with E-state index in [0.29, 0.717) is 17.9 Å². The highest BCUT2D eigenvalue weighted by atomic mass is 16.5. The van der Waals surface area contributed by atoms with Gasteiger partial charge < -0.3 is 15.4 Å². The van der Waals surface area contributed by atoms with Crippen LogP contribution in [0, 0.1) is 6.92 Å². The monoisotopic (exact) mass is 316 g/mol. The summed E-state index contributed by atoms with van der Waals surface area (Å²) in [5.74, 6) is 0.237. The molecule has 3 N–H and O–H groups in total. The summed E-state index contributed by atoms with van der Waals surface area (Å²) in [6.45, 7) is 2.53. The molecule has 7 heteroatoms. The third kappa shape index (κ3) is 5.14. The number of hydrogen-bond donors (Lipinski definition) is 3. The van der Waals surface area contributed by atoms with Gasteiger partial charge in [-0.3, -0.25) is 14.7 Å². The molecule has 0 saturated carbocycles. The smallest absolute Gasteiger partial charge is 0.251 e. The standard InChI is InChI=1S/C16H20N4O3/c1-11-8-13(20-19-11)10-18-15(21)6-7-17-16(22)12-4-3-5-14(9-12)23-2/h3-5,8-9H,6-7,10H2,1-2H3,(H,17,22)(H,18,21)(H,19,20). The Morgan fingerprint density at radius 3 is 2.78 bits per heavy atom. The van der Waals surface area contributed by atoms with Crippen LogP contribution in [-0.4, -0.2) is 35.7 Å². The molecule has 0 aliphatic heterocycles. The normalized spacial score (nSPS) is 10.2. The van der Waals surface area contributed by atoms with E-state index in [0.717, 1.165) is 11.4 Å². The molecule has 0 bridgehead atoms. The molecule has 0 aliphatic rings. The fourth-order valence-corrected chi connectivity index (χ4v) is 2.00. The molecule has 1 aromatic heterocycles. The van der Waals surface area contributed by atoms with Crippen molar-refractivity contribution in [1.82, 2.24) is 20.8 Å². The van der Waals surface area contributed by atoms with Crippen LogP contribution in [0.15, 0.2) is 30.3 Å². The Hall–Kier alpha value is -2.83. The van der Waals surface area contributed by atoms with Crippen molar-refractivity contribution in [2.24, 2.45) is 0 Å². The first kappa shape index (κ1) is 16.5. The second-order valence-electron chi connectivity index (χ2n) is 5.06. The molecule has 0 spiro atoms. The maximum atomic E-state index is 12.0. The van der Waals surface area contributed by atoms with Crippen molar-refractivity contribution in [3.8, 4) is 5.75 Å². The highest BCUT2D eigenvalue weighted by Crippen LogP contribution is 2.12. The Labute approximate surface area is 134 Å².